The zero-order valence-corrected chi connectivity index (χ0v) is 16.2. The molecule has 4 rings (SSSR count). The zero-order chi connectivity index (χ0) is 19.3. The first kappa shape index (κ1) is 18.4. The summed E-state index contributed by atoms with van der Waals surface area (Å²) in [4.78, 5) is 26.3. The Morgan fingerprint density at radius 1 is 1.00 bits per heavy atom. The molecule has 0 bridgehead atoms. The lowest BCUT2D eigenvalue weighted by atomic mass is 10.0. The molecule has 3 aromatic rings. The highest BCUT2D eigenvalue weighted by Crippen LogP contribution is 2.30. The summed E-state index contributed by atoms with van der Waals surface area (Å²) in [5, 5.41) is 7.94. The van der Waals surface area contributed by atoms with E-state index in [2.05, 4.69) is 22.8 Å². The average molecular weight is 391 g/mol. The van der Waals surface area contributed by atoms with Crippen molar-refractivity contribution in [2.75, 3.05) is 0 Å². The first-order valence-electron chi connectivity index (χ1n) is 9.47. The summed E-state index contributed by atoms with van der Waals surface area (Å²) in [6.07, 6.45) is 2.31. The fourth-order valence-corrected chi connectivity index (χ4v) is 4.30. The number of hydrogen-bond donors (Lipinski definition) is 2. The van der Waals surface area contributed by atoms with Crippen molar-refractivity contribution in [1.82, 2.24) is 10.6 Å². The monoisotopic (exact) mass is 390 g/mol. The van der Waals surface area contributed by atoms with Crippen LogP contribution >= 0.6 is 11.3 Å². The lowest BCUT2D eigenvalue weighted by Crippen LogP contribution is -2.48. The Morgan fingerprint density at radius 2 is 1.79 bits per heavy atom. The van der Waals surface area contributed by atoms with E-state index < -0.39 is 6.04 Å². The van der Waals surface area contributed by atoms with E-state index in [9.17, 15) is 9.59 Å². The number of aryl methyl sites for hydroxylation is 1. The van der Waals surface area contributed by atoms with E-state index in [0.717, 1.165) is 18.4 Å². The zero-order valence-electron chi connectivity index (χ0n) is 15.4. The van der Waals surface area contributed by atoms with Crippen molar-refractivity contribution < 1.29 is 9.59 Å². The number of carbonyl (C=O) groups excluding carboxylic acids is 2. The number of thiophene rings is 1. The number of rotatable bonds is 6. The van der Waals surface area contributed by atoms with Crippen LogP contribution in [0.15, 0.2) is 72.1 Å². The molecule has 1 aliphatic rings. The summed E-state index contributed by atoms with van der Waals surface area (Å²) >= 11 is 1.37. The second kappa shape index (κ2) is 8.40. The van der Waals surface area contributed by atoms with Crippen LogP contribution in [0.2, 0.25) is 0 Å². The highest BCUT2D eigenvalue weighted by molar-refractivity contribution is 7.12. The number of fused-ring (bicyclic) bond motifs is 1. The van der Waals surface area contributed by atoms with Crippen molar-refractivity contribution in [2.24, 2.45) is 0 Å². The lowest BCUT2D eigenvalue weighted by Gasteiger charge is -2.22. The van der Waals surface area contributed by atoms with Crippen LogP contribution in [0.25, 0.3) is 0 Å². The fraction of sp³-hybridized carbons (Fsp3) is 0.217. The molecule has 0 radical (unpaired) electrons. The van der Waals surface area contributed by atoms with Gasteiger partial charge in [-0.1, -0.05) is 60.7 Å². The SMILES string of the molecule is O=C(N[C@@H](Cc1ccccc1)C(=O)NC1CCc2ccccc21)c1cccs1. The molecule has 1 heterocycles. The minimum absolute atomic E-state index is 0.000568. The quantitative estimate of drug-likeness (QED) is 0.671. The number of carbonyl (C=O) groups is 2. The molecule has 1 aliphatic carbocycles. The molecule has 2 amide bonds. The summed E-state index contributed by atoms with van der Waals surface area (Å²) in [7, 11) is 0. The Labute approximate surface area is 168 Å². The van der Waals surface area contributed by atoms with Gasteiger partial charge >= 0.3 is 0 Å². The van der Waals surface area contributed by atoms with Crippen LogP contribution in [0.4, 0.5) is 0 Å². The van der Waals surface area contributed by atoms with Crippen LogP contribution in [0.5, 0.6) is 0 Å². The van der Waals surface area contributed by atoms with Crippen LogP contribution in [0.3, 0.4) is 0 Å². The largest absolute Gasteiger partial charge is 0.347 e. The molecule has 0 saturated carbocycles. The number of amides is 2. The molecule has 2 atom stereocenters. The molecule has 2 N–H and O–H groups in total. The molecule has 1 aromatic heterocycles. The van der Waals surface area contributed by atoms with Crippen LogP contribution < -0.4 is 10.6 Å². The van der Waals surface area contributed by atoms with Gasteiger partial charge in [0.1, 0.15) is 6.04 Å². The average Bonchev–Trinajstić information content (AvgIpc) is 3.39. The smallest absolute Gasteiger partial charge is 0.262 e. The second-order valence-corrected chi connectivity index (χ2v) is 7.94. The van der Waals surface area contributed by atoms with Crippen molar-refractivity contribution in [2.45, 2.75) is 31.3 Å². The van der Waals surface area contributed by atoms with Crippen molar-refractivity contribution in [1.29, 1.82) is 0 Å². The van der Waals surface area contributed by atoms with Crippen molar-refractivity contribution >= 4 is 23.2 Å². The summed E-state index contributed by atoms with van der Waals surface area (Å²) < 4.78 is 0. The summed E-state index contributed by atoms with van der Waals surface area (Å²) in [5.41, 5.74) is 3.48. The molecule has 2 aromatic carbocycles. The van der Waals surface area contributed by atoms with Crippen LogP contribution in [0, 0.1) is 0 Å². The van der Waals surface area contributed by atoms with Crippen molar-refractivity contribution in [3.63, 3.8) is 0 Å². The van der Waals surface area contributed by atoms with Crippen LogP contribution in [-0.4, -0.2) is 17.9 Å². The lowest BCUT2D eigenvalue weighted by molar-refractivity contribution is -0.123. The third-order valence-electron chi connectivity index (χ3n) is 5.10. The highest BCUT2D eigenvalue weighted by Gasteiger charge is 2.28. The van der Waals surface area contributed by atoms with Crippen molar-refractivity contribution in [3.8, 4) is 0 Å². The van der Waals surface area contributed by atoms with Gasteiger partial charge < -0.3 is 10.6 Å². The number of benzene rings is 2. The van der Waals surface area contributed by atoms with Gasteiger partial charge in [0.15, 0.2) is 0 Å². The van der Waals surface area contributed by atoms with Gasteiger partial charge in [-0.3, -0.25) is 9.59 Å². The fourth-order valence-electron chi connectivity index (χ4n) is 3.68. The van der Waals surface area contributed by atoms with E-state index in [0.29, 0.717) is 11.3 Å². The standard InChI is InChI=1S/C23H22N2O2S/c26-22(24-19-13-12-17-9-4-5-10-18(17)19)20(15-16-7-2-1-3-8-16)25-23(27)21-11-6-14-28-21/h1-11,14,19-20H,12-13,15H2,(H,24,26)(H,25,27)/t19?,20-/m0/s1. The van der Waals surface area contributed by atoms with Gasteiger partial charge in [0.2, 0.25) is 5.91 Å². The van der Waals surface area contributed by atoms with Gasteiger partial charge in [-0.15, -0.1) is 11.3 Å². The van der Waals surface area contributed by atoms with Gasteiger partial charge in [-0.25, -0.2) is 0 Å². The minimum Gasteiger partial charge on any atom is -0.347 e. The van der Waals surface area contributed by atoms with E-state index >= 15 is 0 Å². The van der Waals surface area contributed by atoms with Crippen molar-refractivity contribution in [3.05, 3.63) is 93.7 Å². The Hall–Kier alpha value is -2.92. The van der Waals surface area contributed by atoms with Gasteiger partial charge in [-0.05, 0) is 41.0 Å². The minimum atomic E-state index is -0.621. The predicted octanol–water partition coefficient (Wildman–Crippen LogP) is 3.89. The van der Waals surface area contributed by atoms with E-state index in [4.69, 9.17) is 0 Å². The Morgan fingerprint density at radius 3 is 2.57 bits per heavy atom. The van der Waals surface area contributed by atoms with E-state index in [1.807, 2.05) is 53.9 Å². The molecule has 0 aliphatic heterocycles. The Bertz CT molecular complexity index is 954. The molecular formula is C23H22N2O2S. The second-order valence-electron chi connectivity index (χ2n) is 6.99. The maximum atomic E-state index is 13.1. The van der Waals surface area contributed by atoms with E-state index in [-0.39, 0.29) is 17.9 Å². The first-order chi connectivity index (χ1) is 13.7. The molecule has 1 unspecified atom stereocenters. The number of nitrogens with one attached hydrogen (secondary N) is 2. The van der Waals surface area contributed by atoms with Gasteiger partial charge in [0.05, 0.1) is 10.9 Å². The highest BCUT2D eigenvalue weighted by atomic mass is 32.1. The third kappa shape index (κ3) is 4.15. The summed E-state index contributed by atoms with van der Waals surface area (Å²) in [6, 6.07) is 21.0. The summed E-state index contributed by atoms with van der Waals surface area (Å²) in [6.45, 7) is 0. The molecule has 4 nitrogen and oxygen atoms in total. The molecule has 142 valence electrons. The third-order valence-corrected chi connectivity index (χ3v) is 5.97. The van der Waals surface area contributed by atoms with E-state index in [1.165, 1.54) is 22.5 Å². The Balaban J connectivity index is 1.50. The Kier molecular flexibility index (Phi) is 5.53. The van der Waals surface area contributed by atoms with Crippen LogP contribution in [0.1, 0.15) is 38.8 Å². The predicted molar refractivity (Wildman–Crippen MR) is 111 cm³/mol. The summed E-state index contributed by atoms with van der Waals surface area (Å²) in [5.74, 6) is -0.353. The topological polar surface area (TPSA) is 58.2 Å². The molecule has 0 saturated heterocycles. The van der Waals surface area contributed by atoms with Crippen LogP contribution in [-0.2, 0) is 17.6 Å². The number of hydrogen-bond acceptors (Lipinski definition) is 3. The van der Waals surface area contributed by atoms with E-state index in [1.54, 1.807) is 6.07 Å². The normalized spacial score (nSPS) is 16.2. The van der Waals surface area contributed by atoms with Gasteiger partial charge in [0.25, 0.3) is 5.91 Å². The van der Waals surface area contributed by atoms with Gasteiger partial charge in [0, 0.05) is 6.42 Å². The molecule has 5 heteroatoms. The first-order valence-corrected chi connectivity index (χ1v) is 10.3. The molecule has 0 spiro atoms. The molecular weight excluding hydrogens is 368 g/mol. The van der Waals surface area contributed by atoms with Gasteiger partial charge in [-0.2, -0.15) is 0 Å². The molecule has 28 heavy (non-hydrogen) atoms. The molecule has 0 fully saturated rings. The maximum absolute atomic E-state index is 13.1. The maximum Gasteiger partial charge on any atom is 0.262 e.